The zero-order valence-electron chi connectivity index (χ0n) is 11.6. The Kier molecular flexibility index (Phi) is 7.54. The van der Waals surface area contributed by atoms with Crippen LogP contribution in [-0.2, 0) is 13.6 Å². The standard InChI is InChI=1S/C13H21O4PS/c1-4-10-16-18(14,17-11-5-2)19-13-8-6-12(15-3)7-9-13/h6-9H,4-5,10-11H2,1-3H3. The SMILES string of the molecule is CCCOP(=O)(OCCC)Sc1ccc(OC)cc1. The largest absolute Gasteiger partial charge is 0.497 e. The van der Waals surface area contributed by atoms with Crippen molar-refractivity contribution >= 4 is 18.2 Å². The maximum absolute atomic E-state index is 12.5. The van der Waals surface area contributed by atoms with Gasteiger partial charge in [0.2, 0.25) is 0 Å². The fourth-order valence-electron chi connectivity index (χ4n) is 1.26. The van der Waals surface area contributed by atoms with Crippen molar-refractivity contribution in [1.82, 2.24) is 0 Å². The van der Waals surface area contributed by atoms with Crippen LogP contribution in [0.25, 0.3) is 0 Å². The van der Waals surface area contributed by atoms with E-state index in [1.165, 1.54) is 0 Å². The molecule has 0 radical (unpaired) electrons. The molecule has 0 amide bonds. The van der Waals surface area contributed by atoms with Crippen molar-refractivity contribution < 1.29 is 18.3 Å². The molecule has 0 unspecified atom stereocenters. The van der Waals surface area contributed by atoms with Gasteiger partial charge in [0.25, 0.3) is 0 Å². The molecule has 0 spiro atoms. The molecule has 1 aromatic rings. The zero-order chi connectivity index (χ0) is 14.1. The minimum absolute atomic E-state index is 0.435. The number of hydrogen-bond donors (Lipinski definition) is 0. The minimum atomic E-state index is -3.12. The van der Waals surface area contributed by atoms with Gasteiger partial charge in [-0.25, -0.2) is 4.57 Å². The van der Waals surface area contributed by atoms with Gasteiger partial charge in [0.05, 0.1) is 20.3 Å². The van der Waals surface area contributed by atoms with Crippen molar-refractivity contribution in [3.05, 3.63) is 24.3 Å². The second-order valence-electron chi connectivity index (χ2n) is 3.88. The van der Waals surface area contributed by atoms with Crippen molar-refractivity contribution in [2.45, 2.75) is 31.6 Å². The van der Waals surface area contributed by atoms with E-state index in [-0.39, 0.29) is 0 Å². The van der Waals surface area contributed by atoms with Gasteiger partial charge in [-0.3, -0.25) is 0 Å². The number of benzene rings is 1. The summed E-state index contributed by atoms with van der Waals surface area (Å²) in [5.41, 5.74) is 0. The zero-order valence-corrected chi connectivity index (χ0v) is 13.3. The summed E-state index contributed by atoms with van der Waals surface area (Å²) in [7, 11) is 1.61. The third-order valence-corrected chi connectivity index (χ3v) is 5.82. The van der Waals surface area contributed by atoms with Crippen LogP contribution in [0.15, 0.2) is 29.2 Å². The van der Waals surface area contributed by atoms with Crippen molar-refractivity contribution in [3.8, 4) is 5.75 Å². The van der Waals surface area contributed by atoms with Gasteiger partial charge in [-0.05, 0) is 48.5 Å². The Hall–Kier alpha value is -0.480. The van der Waals surface area contributed by atoms with Crippen LogP contribution < -0.4 is 4.74 Å². The van der Waals surface area contributed by atoms with E-state index < -0.39 is 6.80 Å². The highest BCUT2D eigenvalue weighted by Gasteiger charge is 2.26. The Balaban J connectivity index is 2.71. The fraction of sp³-hybridized carbons (Fsp3) is 0.538. The third-order valence-electron chi connectivity index (χ3n) is 2.18. The smallest absolute Gasteiger partial charge is 0.393 e. The maximum Gasteiger partial charge on any atom is 0.393 e. The lowest BCUT2D eigenvalue weighted by Gasteiger charge is -2.17. The quantitative estimate of drug-likeness (QED) is 0.616. The summed E-state index contributed by atoms with van der Waals surface area (Å²) in [6.45, 7) is 1.70. The van der Waals surface area contributed by atoms with Gasteiger partial charge in [-0.15, -0.1) is 0 Å². The van der Waals surface area contributed by atoms with Crippen molar-refractivity contribution in [3.63, 3.8) is 0 Å². The lowest BCUT2D eigenvalue weighted by atomic mass is 10.3. The maximum atomic E-state index is 12.5. The van der Waals surface area contributed by atoms with E-state index >= 15 is 0 Å². The highest BCUT2D eigenvalue weighted by Crippen LogP contribution is 2.63. The summed E-state index contributed by atoms with van der Waals surface area (Å²) >= 11 is 1.15. The molecule has 0 saturated heterocycles. The molecule has 0 aliphatic carbocycles. The summed E-state index contributed by atoms with van der Waals surface area (Å²) in [5, 5.41) is 0. The molecular weight excluding hydrogens is 283 g/mol. The van der Waals surface area contributed by atoms with Gasteiger partial charge < -0.3 is 13.8 Å². The summed E-state index contributed by atoms with van der Waals surface area (Å²) < 4.78 is 28.4. The van der Waals surface area contributed by atoms with Crippen LogP contribution in [0.5, 0.6) is 5.75 Å². The first kappa shape index (κ1) is 16.6. The Morgan fingerprint density at radius 2 is 1.58 bits per heavy atom. The molecule has 0 aliphatic rings. The Morgan fingerprint density at radius 1 is 1.05 bits per heavy atom. The molecule has 108 valence electrons. The van der Waals surface area contributed by atoms with Crippen LogP contribution >= 0.6 is 18.2 Å². The summed E-state index contributed by atoms with van der Waals surface area (Å²) in [6.07, 6.45) is 1.62. The molecule has 0 heterocycles. The Morgan fingerprint density at radius 3 is 2.00 bits per heavy atom. The van der Waals surface area contributed by atoms with Crippen molar-refractivity contribution in [2.75, 3.05) is 20.3 Å². The minimum Gasteiger partial charge on any atom is -0.497 e. The van der Waals surface area contributed by atoms with Crippen molar-refractivity contribution in [1.29, 1.82) is 0 Å². The van der Waals surface area contributed by atoms with Crippen molar-refractivity contribution in [2.24, 2.45) is 0 Å². The predicted molar refractivity (Wildman–Crippen MR) is 78.9 cm³/mol. The van der Waals surface area contributed by atoms with Crippen LogP contribution in [0.4, 0.5) is 0 Å². The first-order chi connectivity index (χ1) is 9.13. The molecule has 1 rings (SSSR count). The molecule has 0 bridgehead atoms. The summed E-state index contributed by atoms with van der Waals surface area (Å²) in [5.74, 6) is 0.767. The van der Waals surface area contributed by atoms with E-state index in [9.17, 15) is 4.57 Å². The lowest BCUT2D eigenvalue weighted by Crippen LogP contribution is -1.95. The van der Waals surface area contributed by atoms with Gasteiger partial charge in [0, 0.05) is 4.90 Å². The Labute approximate surface area is 119 Å². The fourth-order valence-corrected chi connectivity index (χ4v) is 4.67. The van der Waals surface area contributed by atoms with E-state index in [1.54, 1.807) is 7.11 Å². The number of rotatable bonds is 9. The van der Waals surface area contributed by atoms with E-state index in [2.05, 4.69) is 0 Å². The van der Waals surface area contributed by atoms with Crippen LogP contribution in [-0.4, -0.2) is 20.3 Å². The number of methoxy groups -OCH3 is 1. The topological polar surface area (TPSA) is 44.8 Å². The van der Waals surface area contributed by atoms with Crippen LogP contribution in [0, 0.1) is 0 Å². The van der Waals surface area contributed by atoms with Gasteiger partial charge in [-0.2, -0.15) is 0 Å². The van der Waals surface area contributed by atoms with Gasteiger partial charge in [0.1, 0.15) is 5.75 Å². The summed E-state index contributed by atoms with van der Waals surface area (Å²) in [6, 6.07) is 7.35. The first-order valence-corrected chi connectivity index (χ1v) is 9.32. The molecule has 0 aromatic heterocycles. The van der Waals surface area contributed by atoms with E-state index in [1.807, 2.05) is 38.1 Å². The third kappa shape index (κ3) is 6.00. The molecule has 4 nitrogen and oxygen atoms in total. The average Bonchev–Trinajstić information content (AvgIpc) is 2.44. The number of ether oxygens (including phenoxy) is 1. The molecule has 0 aliphatic heterocycles. The molecule has 1 aromatic carbocycles. The predicted octanol–water partition coefficient (Wildman–Crippen LogP) is 4.75. The van der Waals surface area contributed by atoms with E-state index in [4.69, 9.17) is 13.8 Å². The van der Waals surface area contributed by atoms with E-state index in [0.717, 1.165) is 34.9 Å². The van der Waals surface area contributed by atoms with Gasteiger partial charge in [0.15, 0.2) is 0 Å². The second-order valence-corrected chi connectivity index (χ2v) is 7.83. The van der Waals surface area contributed by atoms with Crippen LogP contribution in [0.2, 0.25) is 0 Å². The normalized spacial score (nSPS) is 11.5. The van der Waals surface area contributed by atoms with Crippen LogP contribution in [0.1, 0.15) is 26.7 Å². The summed E-state index contributed by atoms with van der Waals surface area (Å²) in [4.78, 5) is 0.844. The molecule has 0 N–H and O–H groups in total. The lowest BCUT2D eigenvalue weighted by molar-refractivity contribution is 0.220. The van der Waals surface area contributed by atoms with E-state index in [0.29, 0.717) is 13.2 Å². The monoisotopic (exact) mass is 304 g/mol. The van der Waals surface area contributed by atoms with Crippen LogP contribution in [0.3, 0.4) is 0 Å². The molecular formula is C13H21O4PS. The molecule has 19 heavy (non-hydrogen) atoms. The molecule has 0 atom stereocenters. The average molecular weight is 304 g/mol. The Bertz CT molecular complexity index is 396. The molecule has 6 heteroatoms. The van der Waals surface area contributed by atoms with Gasteiger partial charge >= 0.3 is 6.80 Å². The number of hydrogen-bond acceptors (Lipinski definition) is 5. The second kappa shape index (κ2) is 8.64. The van der Waals surface area contributed by atoms with Gasteiger partial charge in [-0.1, -0.05) is 13.8 Å². The first-order valence-electron chi connectivity index (χ1n) is 6.36. The molecule has 0 fully saturated rings. The highest BCUT2D eigenvalue weighted by atomic mass is 32.7. The molecule has 0 saturated carbocycles. The highest BCUT2D eigenvalue weighted by molar-refractivity contribution is 8.55.